The molecule has 1 fully saturated rings. The Labute approximate surface area is 83.3 Å². The Hall–Kier alpha value is -1.31. The van der Waals surface area contributed by atoms with Gasteiger partial charge in [-0.3, -0.25) is 4.79 Å². The van der Waals surface area contributed by atoms with E-state index in [0.717, 1.165) is 18.4 Å². The third-order valence-corrected chi connectivity index (χ3v) is 3.50. The smallest absolute Gasteiger partial charge is 0.252 e. The maximum Gasteiger partial charge on any atom is 0.252 e. The van der Waals surface area contributed by atoms with E-state index in [9.17, 15) is 4.79 Å². The normalized spacial score (nSPS) is 22.4. The fourth-order valence-electron chi connectivity index (χ4n) is 2.82. The molecule has 1 amide bonds. The van der Waals surface area contributed by atoms with Crippen LogP contribution in [0.25, 0.3) is 0 Å². The van der Waals surface area contributed by atoms with Crippen LogP contribution in [0.4, 0.5) is 0 Å². The van der Waals surface area contributed by atoms with Crippen molar-refractivity contribution in [1.29, 1.82) is 0 Å². The van der Waals surface area contributed by atoms with E-state index in [1.807, 2.05) is 18.2 Å². The number of hydrogen-bond acceptors (Lipinski definition) is 1. The van der Waals surface area contributed by atoms with Crippen molar-refractivity contribution in [2.45, 2.75) is 31.2 Å². The molecule has 1 saturated carbocycles. The molecule has 1 spiro atoms. The maximum absolute atomic E-state index is 11.7. The van der Waals surface area contributed by atoms with Gasteiger partial charge < -0.3 is 5.32 Å². The van der Waals surface area contributed by atoms with E-state index in [1.54, 1.807) is 0 Å². The van der Waals surface area contributed by atoms with Crippen LogP contribution in [0.3, 0.4) is 0 Å². The van der Waals surface area contributed by atoms with Crippen LogP contribution in [0.2, 0.25) is 0 Å². The van der Waals surface area contributed by atoms with Gasteiger partial charge in [0.15, 0.2) is 0 Å². The first kappa shape index (κ1) is 8.04. The van der Waals surface area contributed by atoms with Crippen LogP contribution in [0, 0.1) is 0 Å². The largest absolute Gasteiger partial charge is 0.342 e. The SMILES string of the molecule is O=C1NC2(CCCC2)c2ccccc21. The summed E-state index contributed by atoms with van der Waals surface area (Å²) in [7, 11) is 0. The van der Waals surface area contributed by atoms with Gasteiger partial charge in [-0.2, -0.15) is 0 Å². The number of nitrogens with one attached hydrogen (secondary N) is 1. The minimum Gasteiger partial charge on any atom is -0.342 e. The van der Waals surface area contributed by atoms with Crippen molar-refractivity contribution in [2.75, 3.05) is 0 Å². The number of amides is 1. The summed E-state index contributed by atoms with van der Waals surface area (Å²) in [5.41, 5.74) is 2.10. The van der Waals surface area contributed by atoms with E-state index < -0.39 is 0 Å². The van der Waals surface area contributed by atoms with Gasteiger partial charge in [0.05, 0.1) is 5.54 Å². The van der Waals surface area contributed by atoms with Crippen LogP contribution < -0.4 is 5.32 Å². The second kappa shape index (κ2) is 2.59. The molecule has 3 rings (SSSR count). The zero-order valence-corrected chi connectivity index (χ0v) is 8.05. The minimum atomic E-state index is -0.00627. The molecule has 0 unspecified atom stereocenters. The topological polar surface area (TPSA) is 29.1 Å². The molecule has 2 nitrogen and oxygen atoms in total. The maximum atomic E-state index is 11.7. The number of hydrogen-bond donors (Lipinski definition) is 1. The van der Waals surface area contributed by atoms with Crippen molar-refractivity contribution in [3.8, 4) is 0 Å². The Balaban J connectivity index is 2.18. The highest BCUT2D eigenvalue weighted by Crippen LogP contribution is 2.43. The molecule has 1 heterocycles. The second-order valence-corrected chi connectivity index (χ2v) is 4.29. The molecular formula is C12H13NO. The average Bonchev–Trinajstić information content (AvgIpc) is 2.77. The van der Waals surface area contributed by atoms with Gasteiger partial charge in [0.2, 0.25) is 0 Å². The lowest BCUT2D eigenvalue weighted by molar-refractivity contribution is 0.0931. The Bertz CT molecular complexity index is 391. The molecule has 1 aliphatic heterocycles. The van der Waals surface area contributed by atoms with Gasteiger partial charge in [0.1, 0.15) is 0 Å². The van der Waals surface area contributed by atoms with Crippen molar-refractivity contribution >= 4 is 5.91 Å². The first-order valence-electron chi connectivity index (χ1n) is 5.24. The van der Waals surface area contributed by atoms with Gasteiger partial charge in [0, 0.05) is 5.56 Å². The number of benzene rings is 1. The fraction of sp³-hybridized carbons (Fsp3) is 0.417. The summed E-state index contributed by atoms with van der Waals surface area (Å²) < 4.78 is 0. The van der Waals surface area contributed by atoms with Crippen LogP contribution in [-0.4, -0.2) is 5.91 Å². The Morgan fingerprint density at radius 1 is 1.14 bits per heavy atom. The van der Waals surface area contributed by atoms with Crippen molar-refractivity contribution in [3.63, 3.8) is 0 Å². The monoisotopic (exact) mass is 187 g/mol. The molecular weight excluding hydrogens is 174 g/mol. The van der Waals surface area contributed by atoms with Gasteiger partial charge in [-0.1, -0.05) is 31.0 Å². The summed E-state index contributed by atoms with van der Waals surface area (Å²) >= 11 is 0. The zero-order chi connectivity index (χ0) is 9.60. The first-order chi connectivity index (χ1) is 6.82. The number of fused-ring (bicyclic) bond motifs is 2. The van der Waals surface area contributed by atoms with E-state index in [1.165, 1.54) is 18.4 Å². The standard InChI is InChI=1S/C12H13NO/c14-11-9-5-1-2-6-10(9)12(13-11)7-3-4-8-12/h1-2,5-6H,3-4,7-8H2,(H,13,14). The molecule has 1 aliphatic carbocycles. The number of carbonyl (C=O) groups is 1. The molecule has 1 aromatic rings. The van der Waals surface area contributed by atoms with Crippen LogP contribution in [-0.2, 0) is 5.54 Å². The van der Waals surface area contributed by atoms with E-state index >= 15 is 0 Å². The van der Waals surface area contributed by atoms with E-state index in [4.69, 9.17) is 0 Å². The summed E-state index contributed by atoms with van der Waals surface area (Å²) in [5, 5.41) is 3.16. The van der Waals surface area contributed by atoms with E-state index in [-0.39, 0.29) is 11.4 Å². The van der Waals surface area contributed by atoms with E-state index in [0.29, 0.717) is 0 Å². The van der Waals surface area contributed by atoms with Crippen molar-refractivity contribution in [3.05, 3.63) is 35.4 Å². The summed E-state index contributed by atoms with van der Waals surface area (Å²) in [6.07, 6.45) is 4.68. The van der Waals surface area contributed by atoms with Crippen LogP contribution in [0.15, 0.2) is 24.3 Å². The highest BCUT2D eigenvalue weighted by atomic mass is 16.2. The molecule has 0 atom stereocenters. The van der Waals surface area contributed by atoms with Crippen LogP contribution in [0.1, 0.15) is 41.6 Å². The molecule has 0 saturated heterocycles. The molecule has 1 aromatic carbocycles. The average molecular weight is 187 g/mol. The third kappa shape index (κ3) is 0.884. The molecule has 1 N–H and O–H groups in total. The molecule has 14 heavy (non-hydrogen) atoms. The molecule has 0 radical (unpaired) electrons. The second-order valence-electron chi connectivity index (χ2n) is 4.29. The highest BCUT2D eigenvalue weighted by molar-refractivity contribution is 6.00. The number of carbonyl (C=O) groups excluding carboxylic acids is 1. The predicted octanol–water partition coefficient (Wildman–Crippen LogP) is 2.20. The first-order valence-corrected chi connectivity index (χ1v) is 5.24. The van der Waals surface area contributed by atoms with Gasteiger partial charge in [-0.15, -0.1) is 0 Å². The van der Waals surface area contributed by atoms with Crippen molar-refractivity contribution < 1.29 is 4.79 Å². The van der Waals surface area contributed by atoms with Gasteiger partial charge in [-0.05, 0) is 24.5 Å². The fourth-order valence-corrected chi connectivity index (χ4v) is 2.82. The quantitative estimate of drug-likeness (QED) is 0.662. The lowest BCUT2D eigenvalue weighted by Gasteiger charge is -2.24. The van der Waals surface area contributed by atoms with Crippen molar-refractivity contribution in [2.24, 2.45) is 0 Å². The summed E-state index contributed by atoms with van der Waals surface area (Å²) in [4.78, 5) is 11.7. The Morgan fingerprint density at radius 3 is 2.64 bits per heavy atom. The van der Waals surface area contributed by atoms with Crippen LogP contribution in [0.5, 0.6) is 0 Å². The lowest BCUT2D eigenvalue weighted by Crippen LogP contribution is -2.36. The molecule has 0 bridgehead atoms. The summed E-state index contributed by atoms with van der Waals surface area (Å²) in [5.74, 6) is 0.113. The minimum absolute atomic E-state index is 0.00627. The zero-order valence-electron chi connectivity index (χ0n) is 8.05. The molecule has 72 valence electrons. The Kier molecular flexibility index (Phi) is 1.49. The van der Waals surface area contributed by atoms with Crippen LogP contribution >= 0.6 is 0 Å². The van der Waals surface area contributed by atoms with Crippen molar-refractivity contribution in [1.82, 2.24) is 5.32 Å². The van der Waals surface area contributed by atoms with Gasteiger partial charge in [0.25, 0.3) is 5.91 Å². The molecule has 0 aromatic heterocycles. The predicted molar refractivity (Wildman–Crippen MR) is 54.1 cm³/mol. The lowest BCUT2D eigenvalue weighted by atomic mass is 9.89. The summed E-state index contributed by atoms with van der Waals surface area (Å²) in [6, 6.07) is 7.99. The molecule has 2 aliphatic rings. The highest BCUT2D eigenvalue weighted by Gasteiger charge is 2.44. The number of rotatable bonds is 0. The van der Waals surface area contributed by atoms with Gasteiger partial charge in [-0.25, -0.2) is 0 Å². The van der Waals surface area contributed by atoms with Gasteiger partial charge >= 0.3 is 0 Å². The third-order valence-electron chi connectivity index (χ3n) is 3.50. The molecule has 2 heteroatoms. The summed E-state index contributed by atoms with van der Waals surface area (Å²) in [6.45, 7) is 0. The van der Waals surface area contributed by atoms with E-state index in [2.05, 4.69) is 11.4 Å². The Morgan fingerprint density at radius 2 is 1.86 bits per heavy atom.